The van der Waals surface area contributed by atoms with Crippen LogP contribution in [0, 0.1) is 0 Å². The molecule has 4 aromatic heterocycles. The van der Waals surface area contributed by atoms with Gasteiger partial charge in [-0.15, -0.1) is 0 Å². The summed E-state index contributed by atoms with van der Waals surface area (Å²) in [4.78, 5) is 14.6. The molecule has 0 aliphatic heterocycles. The van der Waals surface area contributed by atoms with Gasteiger partial charge in [-0.25, -0.2) is 0 Å². The number of benzene rings is 9. The highest BCUT2D eigenvalue weighted by molar-refractivity contribution is 6.11. The zero-order chi connectivity index (χ0) is 58.8. The molecule has 294 valence electrons. The van der Waals surface area contributed by atoms with E-state index in [9.17, 15) is 9.60 Å². The first-order chi connectivity index (χ1) is 39.5. The van der Waals surface area contributed by atoms with Gasteiger partial charge in [0.1, 0.15) is 11.2 Å². The molecular formula is C57H35N5O. The number of nitrogens with zero attached hydrogens (tertiary/aromatic N) is 5. The summed E-state index contributed by atoms with van der Waals surface area (Å²) < 4.78 is 189. The summed E-state index contributed by atoms with van der Waals surface area (Å²) >= 11 is 0. The summed E-state index contributed by atoms with van der Waals surface area (Å²) in [6, 6.07) is 12.8. The third kappa shape index (κ3) is 5.62. The van der Waals surface area contributed by atoms with Crippen molar-refractivity contribution in [3.8, 4) is 56.7 Å². The molecule has 0 saturated carbocycles. The van der Waals surface area contributed by atoms with Gasteiger partial charge in [0.2, 0.25) is 11.9 Å². The van der Waals surface area contributed by atoms with Crippen molar-refractivity contribution in [1.82, 2.24) is 24.1 Å². The lowest BCUT2D eigenvalue weighted by atomic mass is 9.97. The van der Waals surface area contributed by atoms with Gasteiger partial charge in [0.25, 0.3) is 0 Å². The predicted molar refractivity (Wildman–Crippen MR) is 258 cm³/mol. The number of furan rings is 1. The average molecular weight is 826 g/mol. The van der Waals surface area contributed by atoms with E-state index < -0.39 is 177 Å². The number of rotatable bonds is 6. The van der Waals surface area contributed by atoms with E-state index in [1.807, 2.05) is 72.8 Å². The van der Waals surface area contributed by atoms with Crippen molar-refractivity contribution in [1.29, 1.82) is 0 Å². The number of aromatic nitrogens is 5. The minimum atomic E-state index is -0.828. The summed E-state index contributed by atoms with van der Waals surface area (Å²) in [7, 11) is 0. The molecule has 0 N–H and O–H groups in total. The standard InChI is InChI=1S/C57H35N5O/c1-2-15-36(16-3-1)39-31-32-46-45-23-6-10-29-51(45)62(52(46)35-39)57-59-55(58-56(60-57)61-49-27-8-4-21-43(49)44-22-5-9-28-50(44)61)41-20-13-18-38(34-41)37-17-12-19-40(33-37)42-25-14-26-48-47-24-7-11-30-53(47)63-54(42)48/h1-35H/i1D,2D,3D,4D,5D,6D,8D,9D,10D,15D,16D,21D,22D,23D,27D,28D,29D,31D,32D,35D. The molecule has 13 rings (SSSR count). The Balaban J connectivity index is 1.16. The minimum Gasteiger partial charge on any atom is -0.455 e. The fraction of sp³-hybridized carbons (Fsp3) is 0. The number of fused-ring (bicyclic) bond motifs is 9. The van der Waals surface area contributed by atoms with Crippen LogP contribution < -0.4 is 0 Å². The molecule has 6 heteroatoms. The van der Waals surface area contributed by atoms with Crippen LogP contribution >= 0.6 is 0 Å². The molecule has 0 aliphatic rings. The average Bonchev–Trinajstić information content (AvgIpc) is 2.89. The van der Waals surface area contributed by atoms with Crippen LogP contribution in [-0.4, -0.2) is 24.1 Å². The van der Waals surface area contributed by atoms with Gasteiger partial charge in [-0.2, -0.15) is 15.0 Å². The Kier molecular flexibility index (Phi) is 4.61. The Morgan fingerprint density at radius 2 is 0.921 bits per heavy atom. The highest BCUT2D eigenvalue weighted by atomic mass is 16.3. The number of para-hydroxylation sites is 5. The molecule has 63 heavy (non-hydrogen) atoms. The van der Waals surface area contributed by atoms with Crippen LogP contribution in [0.1, 0.15) is 27.4 Å². The van der Waals surface area contributed by atoms with E-state index in [0.717, 1.165) is 31.0 Å². The van der Waals surface area contributed by atoms with E-state index in [2.05, 4.69) is 0 Å². The van der Waals surface area contributed by atoms with Crippen molar-refractivity contribution in [3.63, 3.8) is 0 Å². The van der Waals surface area contributed by atoms with Gasteiger partial charge in [0.05, 0.1) is 49.5 Å². The largest absolute Gasteiger partial charge is 0.455 e. The van der Waals surface area contributed by atoms with E-state index in [1.165, 1.54) is 0 Å². The molecular weight excluding hydrogens is 771 g/mol. The second-order valence-corrected chi connectivity index (χ2v) is 14.5. The molecule has 9 aromatic carbocycles. The van der Waals surface area contributed by atoms with Crippen LogP contribution in [0.3, 0.4) is 0 Å². The molecule has 0 aliphatic carbocycles. The van der Waals surface area contributed by atoms with Crippen molar-refractivity contribution in [2.75, 3.05) is 0 Å². The zero-order valence-corrected chi connectivity index (χ0v) is 32.3. The summed E-state index contributed by atoms with van der Waals surface area (Å²) in [6.07, 6.45) is 0. The molecule has 0 atom stereocenters. The molecule has 6 nitrogen and oxygen atoms in total. The summed E-state index contributed by atoms with van der Waals surface area (Å²) in [6.45, 7) is 0. The van der Waals surface area contributed by atoms with Gasteiger partial charge in [0, 0.05) is 43.4 Å². The van der Waals surface area contributed by atoms with Gasteiger partial charge < -0.3 is 4.42 Å². The third-order valence-corrected chi connectivity index (χ3v) is 11.0. The van der Waals surface area contributed by atoms with Crippen LogP contribution in [0.15, 0.2) is 216 Å². The van der Waals surface area contributed by atoms with Crippen LogP contribution in [0.5, 0.6) is 0 Å². The second kappa shape index (κ2) is 14.0. The van der Waals surface area contributed by atoms with Crippen molar-refractivity contribution in [2.24, 2.45) is 0 Å². The molecule has 0 saturated heterocycles. The van der Waals surface area contributed by atoms with Gasteiger partial charge in [-0.3, -0.25) is 9.13 Å². The summed E-state index contributed by atoms with van der Waals surface area (Å²) in [5.74, 6) is -1.42. The van der Waals surface area contributed by atoms with E-state index in [0.29, 0.717) is 22.3 Å². The smallest absolute Gasteiger partial charge is 0.240 e. The molecule has 0 radical (unpaired) electrons. The van der Waals surface area contributed by atoms with Crippen LogP contribution in [0.2, 0.25) is 0 Å². The molecule has 4 heterocycles. The lowest BCUT2D eigenvalue weighted by molar-refractivity contribution is 0.670. The molecule has 13 aromatic rings. The van der Waals surface area contributed by atoms with E-state index >= 15 is 0 Å². The van der Waals surface area contributed by atoms with Crippen molar-refractivity contribution in [2.45, 2.75) is 0 Å². The Morgan fingerprint density at radius 1 is 0.381 bits per heavy atom. The van der Waals surface area contributed by atoms with Gasteiger partial charge in [0.15, 0.2) is 5.82 Å². The zero-order valence-electron chi connectivity index (χ0n) is 52.3. The Hall–Kier alpha value is -8.61. The fourth-order valence-electron chi connectivity index (χ4n) is 8.19. The lowest BCUT2D eigenvalue weighted by Gasteiger charge is -2.13. The van der Waals surface area contributed by atoms with Crippen molar-refractivity contribution >= 4 is 65.6 Å². The number of hydrogen-bond acceptors (Lipinski definition) is 4. The van der Waals surface area contributed by atoms with Gasteiger partial charge in [-0.05, 0) is 70.2 Å². The Morgan fingerprint density at radius 3 is 1.62 bits per heavy atom. The lowest BCUT2D eigenvalue weighted by Crippen LogP contribution is -2.10. The molecule has 0 unspecified atom stereocenters. The van der Waals surface area contributed by atoms with E-state index in [4.69, 9.17) is 37.2 Å². The fourth-order valence-corrected chi connectivity index (χ4v) is 8.19. The Labute approximate surface area is 389 Å². The highest BCUT2D eigenvalue weighted by Gasteiger charge is 2.21. The maximum Gasteiger partial charge on any atom is 0.240 e. The maximum atomic E-state index is 9.94. The van der Waals surface area contributed by atoms with Crippen LogP contribution in [-0.2, 0) is 0 Å². The van der Waals surface area contributed by atoms with Crippen LogP contribution in [0.4, 0.5) is 0 Å². The van der Waals surface area contributed by atoms with Crippen molar-refractivity contribution < 1.29 is 31.8 Å². The van der Waals surface area contributed by atoms with Crippen LogP contribution in [0.25, 0.3) is 122 Å². The first-order valence-electron chi connectivity index (χ1n) is 29.6. The normalized spacial score (nSPS) is 16.3. The highest BCUT2D eigenvalue weighted by Crippen LogP contribution is 2.39. The third-order valence-electron chi connectivity index (χ3n) is 11.0. The molecule has 0 spiro atoms. The summed E-state index contributed by atoms with van der Waals surface area (Å²) in [5.41, 5.74) is 1.52. The van der Waals surface area contributed by atoms with Crippen molar-refractivity contribution in [3.05, 3.63) is 212 Å². The monoisotopic (exact) mass is 825 g/mol. The molecule has 0 amide bonds. The molecule has 0 fully saturated rings. The second-order valence-electron chi connectivity index (χ2n) is 14.5. The topological polar surface area (TPSA) is 61.7 Å². The van der Waals surface area contributed by atoms with Gasteiger partial charge in [-0.1, -0.05) is 169 Å². The first-order valence-corrected chi connectivity index (χ1v) is 19.6. The summed E-state index contributed by atoms with van der Waals surface area (Å²) in [5, 5.41) is 0.401. The predicted octanol–water partition coefficient (Wildman–Crippen LogP) is 14.6. The quantitative estimate of drug-likeness (QED) is 0.168. The van der Waals surface area contributed by atoms with E-state index in [1.54, 1.807) is 18.2 Å². The van der Waals surface area contributed by atoms with Gasteiger partial charge >= 0.3 is 0 Å². The minimum absolute atomic E-state index is 0.227. The Bertz CT molecular complexity index is 5020. The molecule has 0 bridgehead atoms. The number of hydrogen-bond donors (Lipinski definition) is 0. The first kappa shape index (κ1) is 20.8. The van der Waals surface area contributed by atoms with E-state index in [-0.39, 0.29) is 22.2 Å². The maximum absolute atomic E-state index is 9.94. The SMILES string of the molecule is [2H]c1c([2H])c([2H])c(-c2c([2H])c([2H])c3c4c([2H])c([2H])c([2H])c([2H])c4n(-c4nc(-c5cccc(-c6cccc(-c7cccc8c7oc7ccccc78)c6)c5)nc(-n5c6c([2H])c([2H])c([2H])c([2H])c6c6c([2H])c([2H])c([2H])c([2H])c65)n4)c3c2[2H])c([2H])c1[2H].